The molecule has 3 aromatic rings. The third-order valence-corrected chi connectivity index (χ3v) is 5.86. The van der Waals surface area contributed by atoms with Crippen LogP contribution in [0.2, 0.25) is 0 Å². The Bertz CT molecular complexity index is 1260. The van der Waals surface area contributed by atoms with Crippen molar-refractivity contribution in [2.75, 3.05) is 25.6 Å². The van der Waals surface area contributed by atoms with Gasteiger partial charge >= 0.3 is 6.18 Å². The van der Waals surface area contributed by atoms with Gasteiger partial charge in [-0.05, 0) is 48.6 Å². The maximum absolute atomic E-state index is 13.4. The molecule has 0 aromatic heterocycles. The Balaban J connectivity index is 1.65. The number of hydrogen-bond donors (Lipinski definition) is 1. The van der Waals surface area contributed by atoms with E-state index in [1.807, 2.05) is 55.4 Å². The highest BCUT2D eigenvalue weighted by molar-refractivity contribution is 6.23. The molecular formula is C24H21F3N4O. The summed E-state index contributed by atoms with van der Waals surface area (Å²) in [4.78, 5) is 19.3. The lowest BCUT2D eigenvalue weighted by Crippen LogP contribution is -2.48. The molecule has 164 valence electrons. The molecule has 1 heterocycles. The molecule has 1 unspecified atom stereocenters. The summed E-state index contributed by atoms with van der Waals surface area (Å²) >= 11 is 0. The van der Waals surface area contributed by atoms with Crippen molar-refractivity contribution in [2.24, 2.45) is 4.99 Å². The van der Waals surface area contributed by atoms with Crippen LogP contribution in [0.15, 0.2) is 59.6 Å². The summed E-state index contributed by atoms with van der Waals surface area (Å²) in [7, 11) is 3.75. The van der Waals surface area contributed by atoms with Gasteiger partial charge < -0.3 is 4.90 Å². The molecule has 8 heteroatoms. The van der Waals surface area contributed by atoms with Crippen molar-refractivity contribution >= 4 is 33.8 Å². The lowest BCUT2D eigenvalue weighted by Gasteiger charge is -2.36. The molecule has 1 N–H and O–H groups in total. The van der Waals surface area contributed by atoms with E-state index < -0.39 is 17.8 Å². The second kappa shape index (κ2) is 7.34. The van der Waals surface area contributed by atoms with Crippen molar-refractivity contribution in [1.29, 1.82) is 0 Å². The Labute approximate surface area is 183 Å². The number of halogens is 3. The van der Waals surface area contributed by atoms with Crippen LogP contribution in [0.1, 0.15) is 29.2 Å². The van der Waals surface area contributed by atoms with E-state index in [2.05, 4.69) is 10.4 Å². The van der Waals surface area contributed by atoms with Gasteiger partial charge in [-0.25, -0.2) is 4.99 Å². The third-order valence-electron chi connectivity index (χ3n) is 5.86. The smallest absolute Gasteiger partial charge is 0.309 e. The normalized spacial score (nSPS) is 16.8. The molecule has 3 aromatic carbocycles. The van der Waals surface area contributed by atoms with E-state index in [0.717, 1.165) is 34.0 Å². The topological polar surface area (TPSA) is 47.9 Å². The molecule has 0 saturated carbocycles. The second-order valence-corrected chi connectivity index (χ2v) is 8.31. The Morgan fingerprint density at radius 2 is 1.88 bits per heavy atom. The highest BCUT2D eigenvalue weighted by Gasteiger charge is 2.41. The summed E-state index contributed by atoms with van der Waals surface area (Å²) in [6.45, 7) is 0.557. The number of carbonyl (C=O) groups excluding carboxylic acids is 1. The van der Waals surface area contributed by atoms with Crippen LogP contribution >= 0.6 is 0 Å². The molecular weight excluding hydrogens is 417 g/mol. The minimum absolute atomic E-state index is 0.184. The Kier molecular flexibility index (Phi) is 4.70. The number of nitrogens with zero attached hydrogens (tertiary/aromatic N) is 3. The van der Waals surface area contributed by atoms with Gasteiger partial charge in [0.25, 0.3) is 0 Å². The first-order valence-corrected chi connectivity index (χ1v) is 10.3. The van der Waals surface area contributed by atoms with Gasteiger partial charge in [-0.15, -0.1) is 0 Å². The predicted molar refractivity (Wildman–Crippen MR) is 118 cm³/mol. The Hall–Kier alpha value is -3.39. The van der Waals surface area contributed by atoms with Crippen LogP contribution < -0.4 is 10.4 Å². The van der Waals surface area contributed by atoms with Crippen LogP contribution in [0.4, 0.5) is 24.5 Å². The van der Waals surface area contributed by atoms with Gasteiger partial charge in [0.05, 0.1) is 22.6 Å². The number of amides is 1. The fourth-order valence-corrected chi connectivity index (χ4v) is 4.39. The maximum atomic E-state index is 13.4. The van der Waals surface area contributed by atoms with Gasteiger partial charge in [0.1, 0.15) is 6.04 Å². The van der Waals surface area contributed by atoms with E-state index >= 15 is 0 Å². The highest BCUT2D eigenvalue weighted by Crippen LogP contribution is 2.48. The average molecular weight is 438 g/mol. The number of nitrogens with one attached hydrogen (secondary N) is 1. The number of carbonyl (C=O) groups is 1. The third kappa shape index (κ3) is 3.31. The molecule has 5 nitrogen and oxygen atoms in total. The molecule has 0 radical (unpaired) electrons. The molecule has 1 aliphatic carbocycles. The van der Waals surface area contributed by atoms with E-state index in [-0.39, 0.29) is 18.0 Å². The number of rotatable bonds is 4. The summed E-state index contributed by atoms with van der Waals surface area (Å²) < 4.78 is 40.1. The molecule has 5 rings (SSSR count). The minimum atomic E-state index is -4.48. The van der Waals surface area contributed by atoms with Gasteiger partial charge in [-0.3, -0.25) is 15.2 Å². The number of hydrogen-bond acceptors (Lipinski definition) is 4. The zero-order valence-corrected chi connectivity index (χ0v) is 17.6. The first kappa shape index (κ1) is 20.5. The highest BCUT2D eigenvalue weighted by atomic mass is 19.4. The molecule has 0 spiro atoms. The van der Waals surface area contributed by atoms with E-state index in [4.69, 9.17) is 0 Å². The number of anilines is 1. The van der Waals surface area contributed by atoms with Crippen molar-refractivity contribution < 1.29 is 18.0 Å². The molecule has 1 amide bonds. The largest absolute Gasteiger partial charge is 0.416 e. The second-order valence-electron chi connectivity index (χ2n) is 8.31. The van der Waals surface area contributed by atoms with Crippen LogP contribution in [0.25, 0.3) is 10.8 Å². The lowest BCUT2D eigenvalue weighted by molar-refractivity contribution is -0.137. The summed E-state index contributed by atoms with van der Waals surface area (Å²) in [5.74, 6) is -0.214. The van der Waals surface area contributed by atoms with Gasteiger partial charge in [-0.2, -0.15) is 13.2 Å². The summed E-state index contributed by atoms with van der Waals surface area (Å²) in [6.07, 6.45) is -4.22. The van der Waals surface area contributed by atoms with Crippen LogP contribution in [-0.2, 0) is 11.0 Å². The zero-order valence-electron chi connectivity index (χ0n) is 17.6. The molecule has 0 fully saturated rings. The monoisotopic (exact) mass is 438 g/mol. The van der Waals surface area contributed by atoms with Crippen molar-refractivity contribution in [1.82, 2.24) is 10.3 Å². The van der Waals surface area contributed by atoms with Crippen LogP contribution in [0.3, 0.4) is 0 Å². The number of hydrazine groups is 1. The van der Waals surface area contributed by atoms with Gasteiger partial charge in [0.2, 0.25) is 5.91 Å². The molecule has 0 saturated heterocycles. The number of benzene rings is 3. The molecule has 1 aliphatic heterocycles. The van der Waals surface area contributed by atoms with Crippen molar-refractivity contribution in [3.05, 3.63) is 71.3 Å². The number of alkyl halides is 3. The maximum Gasteiger partial charge on any atom is 0.416 e. The first-order chi connectivity index (χ1) is 15.2. The minimum Gasteiger partial charge on any atom is -0.309 e. The van der Waals surface area contributed by atoms with E-state index in [9.17, 15) is 18.0 Å². The first-order valence-electron chi connectivity index (χ1n) is 10.3. The molecule has 0 bridgehead atoms. The summed E-state index contributed by atoms with van der Waals surface area (Å²) in [5.41, 5.74) is 5.27. The van der Waals surface area contributed by atoms with Gasteiger partial charge in [0.15, 0.2) is 0 Å². The Morgan fingerprint density at radius 1 is 1.12 bits per heavy atom. The standard InChI is InChI=1S/C24H21F3N4O/c1-30(2)12-11-20(32)29-31-19-10-9-15(24(25,26)27)13-18(19)28-22-16-7-3-5-14-6-4-8-17(21(14)16)23(22)31/h3-10,13,23H,11-12H2,1-2H3,(H,29,32). The fourth-order valence-electron chi connectivity index (χ4n) is 4.39. The van der Waals surface area contributed by atoms with Gasteiger partial charge in [-0.1, -0.05) is 36.4 Å². The fraction of sp³-hybridized carbons (Fsp3) is 0.250. The zero-order chi connectivity index (χ0) is 22.6. The molecule has 1 atom stereocenters. The van der Waals surface area contributed by atoms with E-state index in [1.165, 1.54) is 6.07 Å². The quantitative estimate of drug-likeness (QED) is 0.634. The lowest BCUT2D eigenvalue weighted by atomic mass is 10.0. The van der Waals surface area contributed by atoms with Crippen LogP contribution in [-0.4, -0.2) is 37.2 Å². The SMILES string of the molecule is CN(C)CCC(=O)NN1c2ccc(C(F)(F)F)cc2N=C2c3cccc4cccc(c34)C21. The van der Waals surface area contributed by atoms with E-state index in [1.54, 1.807) is 5.01 Å². The van der Waals surface area contributed by atoms with E-state index in [0.29, 0.717) is 17.9 Å². The van der Waals surface area contributed by atoms with Crippen molar-refractivity contribution in [3.63, 3.8) is 0 Å². The summed E-state index contributed by atoms with van der Waals surface area (Å²) in [6, 6.07) is 14.8. The average Bonchev–Trinajstić information content (AvgIpc) is 3.07. The molecule has 32 heavy (non-hydrogen) atoms. The van der Waals surface area contributed by atoms with Crippen LogP contribution in [0.5, 0.6) is 0 Å². The van der Waals surface area contributed by atoms with Gasteiger partial charge in [0, 0.05) is 18.5 Å². The summed E-state index contributed by atoms with van der Waals surface area (Å²) in [5, 5.41) is 3.70. The Morgan fingerprint density at radius 3 is 2.59 bits per heavy atom. The van der Waals surface area contributed by atoms with Crippen molar-refractivity contribution in [3.8, 4) is 0 Å². The van der Waals surface area contributed by atoms with Crippen molar-refractivity contribution in [2.45, 2.75) is 18.6 Å². The molecule has 2 aliphatic rings. The predicted octanol–water partition coefficient (Wildman–Crippen LogP) is 4.84. The van der Waals surface area contributed by atoms with Crippen LogP contribution in [0, 0.1) is 0 Å². The number of aliphatic imine (C=N–C) groups is 1. The number of fused-ring (bicyclic) bond motifs is 4.